The molecule has 148 valence electrons. The molecule has 0 spiro atoms. The largest absolute Gasteiger partial charge is 0.365 e. The molecule has 7 nitrogen and oxygen atoms in total. The number of anilines is 1. The summed E-state index contributed by atoms with van der Waals surface area (Å²) in [5.41, 5.74) is 1.45. The second-order valence-corrected chi connectivity index (χ2v) is 8.19. The first-order chi connectivity index (χ1) is 13.5. The fourth-order valence-electron chi connectivity index (χ4n) is 3.44. The van der Waals surface area contributed by atoms with Crippen molar-refractivity contribution in [3.8, 4) is 11.4 Å². The Hall–Kier alpha value is -1.93. The summed E-state index contributed by atoms with van der Waals surface area (Å²) in [7, 11) is 2.17. The summed E-state index contributed by atoms with van der Waals surface area (Å²) < 4.78 is 1.72. The lowest BCUT2D eigenvalue weighted by molar-refractivity contribution is 0.151. The predicted octanol–water partition coefficient (Wildman–Crippen LogP) is 3.15. The molecule has 0 aliphatic carbocycles. The number of nitrogens with one attached hydrogen (secondary N) is 1. The monoisotopic (exact) mass is 419 g/mol. The summed E-state index contributed by atoms with van der Waals surface area (Å²) in [5.74, 6) is 1.39. The maximum atomic E-state index is 6.14. The van der Waals surface area contributed by atoms with E-state index in [9.17, 15) is 0 Å². The Labute approximate surface area is 174 Å². The van der Waals surface area contributed by atoms with Gasteiger partial charge in [-0.05, 0) is 44.3 Å². The maximum Gasteiger partial charge on any atom is 0.185 e. The molecule has 1 atom stereocenters. The summed E-state index contributed by atoms with van der Waals surface area (Å²) in [4.78, 5) is 4.84. The summed E-state index contributed by atoms with van der Waals surface area (Å²) >= 11 is 12.3. The number of rotatable bonds is 5. The van der Waals surface area contributed by atoms with E-state index in [1.54, 1.807) is 10.6 Å². The molecule has 1 saturated heterocycles. The van der Waals surface area contributed by atoms with Gasteiger partial charge in [-0.2, -0.15) is 4.52 Å². The van der Waals surface area contributed by atoms with Gasteiger partial charge in [-0.3, -0.25) is 4.90 Å². The van der Waals surface area contributed by atoms with Crippen molar-refractivity contribution in [2.24, 2.45) is 0 Å². The van der Waals surface area contributed by atoms with Gasteiger partial charge in [-0.25, -0.2) is 0 Å². The Morgan fingerprint density at radius 2 is 1.75 bits per heavy atom. The zero-order valence-corrected chi connectivity index (χ0v) is 17.5. The van der Waals surface area contributed by atoms with Gasteiger partial charge in [0.15, 0.2) is 11.5 Å². The molecule has 4 rings (SSSR count). The van der Waals surface area contributed by atoms with Crippen LogP contribution in [0.5, 0.6) is 0 Å². The van der Waals surface area contributed by atoms with Crippen molar-refractivity contribution in [2.45, 2.75) is 13.0 Å². The van der Waals surface area contributed by atoms with Crippen molar-refractivity contribution < 1.29 is 0 Å². The number of aromatic nitrogens is 4. The molecule has 0 bridgehead atoms. The fourth-order valence-corrected chi connectivity index (χ4v) is 3.97. The highest BCUT2D eigenvalue weighted by Crippen LogP contribution is 2.26. The van der Waals surface area contributed by atoms with Crippen LogP contribution in [0.15, 0.2) is 30.3 Å². The number of fused-ring (bicyclic) bond motifs is 1. The molecule has 28 heavy (non-hydrogen) atoms. The third-order valence-corrected chi connectivity index (χ3v) is 5.34. The van der Waals surface area contributed by atoms with E-state index < -0.39 is 0 Å². The van der Waals surface area contributed by atoms with Crippen molar-refractivity contribution >= 4 is 34.7 Å². The van der Waals surface area contributed by atoms with Crippen LogP contribution in [0.3, 0.4) is 0 Å². The normalized spacial score (nSPS) is 17.1. The molecular formula is C19H23Cl2N7. The van der Waals surface area contributed by atoms with Gasteiger partial charge in [0.1, 0.15) is 5.82 Å². The summed E-state index contributed by atoms with van der Waals surface area (Å²) in [6, 6.07) is 9.41. The summed E-state index contributed by atoms with van der Waals surface area (Å²) in [6.45, 7) is 7.58. The number of benzene rings is 1. The van der Waals surface area contributed by atoms with Gasteiger partial charge in [0.05, 0.1) is 0 Å². The van der Waals surface area contributed by atoms with Gasteiger partial charge < -0.3 is 10.2 Å². The van der Waals surface area contributed by atoms with E-state index >= 15 is 0 Å². The van der Waals surface area contributed by atoms with Crippen molar-refractivity contribution in [1.29, 1.82) is 0 Å². The van der Waals surface area contributed by atoms with Gasteiger partial charge in [0, 0.05) is 54.4 Å². The Kier molecular flexibility index (Phi) is 5.68. The van der Waals surface area contributed by atoms with Crippen LogP contribution in [-0.2, 0) is 0 Å². The highest BCUT2D eigenvalue weighted by molar-refractivity contribution is 6.35. The smallest absolute Gasteiger partial charge is 0.185 e. The van der Waals surface area contributed by atoms with Gasteiger partial charge in [0.2, 0.25) is 0 Å². The van der Waals surface area contributed by atoms with Crippen molar-refractivity contribution in [3.05, 3.63) is 40.4 Å². The van der Waals surface area contributed by atoms with Crippen LogP contribution in [-0.4, -0.2) is 75.4 Å². The SMILES string of the molecule is CC(CN1CCN(C)CC1)Nc1ccc2nnc(-c3cc(Cl)cc(Cl)c3)n2n1. The molecule has 1 N–H and O–H groups in total. The molecule has 0 saturated carbocycles. The van der Waals surface area contributed by atoms with Crippen LogP contribution in [0.4, 0.5) is 5.82 Å². The molecule has 1 fully saturated rings. The second-order valence-electron chi connectivity index (χ2n) is 7.32. The standard InChI is InChI=1S/C19H23Cl2N7/c1-13(12-27-7-5-26(2)6-8-27)22-17-3-4-18-23-24-19(28(18)25-17)14-9-15(20)11-16(21)10-14/h3-4,9-11,13H,5-8,12H2,1-2H3,(H,22,25). The fraction of sp³-hybridized carbons (Fsp3) is 0.421. The van der Waals surface area contributed by atoms with Crippen molar-refractivity contribution in [2.75, 3.05) is 45.1 Å². The molecule has 0 radical (unpaired) electrons. The van der Waals surface area contributed by atoms with E-state index in [0.717, 1.165) is 44.1 Å². The number of nitrogens with zero attached hydrogens (tertiary/aromatic N) is 6. The Balaban J connectivity index is 1.52. The van der Waals surface area contributed by atoms with E-state index in [4.69, 9.17) is 23.2 Å². The topological polar surface area (TPSA) is 61.6 Å². The summed E-state index contributed by atoms with van der Waals surface area (Å²) in [6.07, 6.45) is 0. The molecule has 3 aromatic rings. The van der Waals surface area contributed by atoms with Crippen LogP contribution in [0.1, 0.15) is 6.92 Å². The first-order valence-electron chi connectivity index (χ1n) is 9.34. The molecule has 0 amide bonds. The van der Waals surface area contributed by atoms with Gasteiger partial charge in [-0.1, -0.05) is 23.2 Å². The third-order valence-electron chi connectivity index (χ3n) is 4.91. The highest BCUT2D eigenvalue weighted by Gasteiger charge is 2.17. The zero-order valence-electron chi connectivity index (χ0n) is 15.9. The van der Waals surface area contributed by atoms with Gasteiger partial charge in [-0.15, -0.1) is 15.3 Å². The Morgan fingerprint density at radius 1 is 1.04 bits per heavy atom. The highest BCUT2D eigenvalue weighted by atomic mass is 35.5. The average molecular weight is 420 g/mol. The van der Waals surface area contributed by atoms with E-state index in [1.807, 2.05) is 24.3 Å². The van der Waals surface area contributed by atoms with E-state index in [-0.39, 0.29) is 6.04 Å². The Morgan fingerprint density at radius 3 is 2.46 bits per heavy atom. The number of hydrogen-bond acceptors (Lipinski definition) is 6. The molecule has 1 aromatic carbocycles. The minimum Gasteiger partial charge on any atom is -0.365 e. The molecule has 1 unspecified atom stereocenters. The maximum absolute atomic E-state index is 6.14. The first kappa shape index (κ1) is 19.4. The molecule has 1 aliphatic rings. The van der Waals surface area contributed by atoms with Crippen LogP contribution in [0.2, 0.25) is 10.0 Å². The number of likely N-dealkylation sites (N-methyl/N-ethyl adjacent to an activating group) is 1. The number of hydrogen-bond donors (Lipinski definition) is 1. The zero-order chi connectivity index (χ0) is 19.7. The number of halogens is 2. The number of piperazine rings is 1. The predicted molar refractivity (Wildman–Crippen MR) is 113 cm³/mol. The minimum absolute atomic E-state index is 0.272. The molecule has 1 aliphatic heterocycles. The quantitative estimate of drug-likeness (QED) is 0.685. The van der Waals surface area contributed by atoms with Crippen LogP contribution < -0.4 is 5.32 Å². The van der Waals surface area contributed by atoms with Crippen LogP contribution >= 0.6 is 23.2 Å². The van der Waals surface area contributed by atoms with Gasteiger partial charge >= 0.3 is 0 Å². The lowest BCUT2D eigenvalue weighted by Gasteiger charge is -2.34. The van der Waals surface area contributed by atoms with Crippen molar-refractivity contribution in [3.63, 3.8) is 0 Å². The minimum atomic E-state index is 0.272. The lowest BCUT2D eigenvalue weighted by atomic mass is 10.2. The molecule has 3 heterocycles. The Bertz CT molecular complexity index is 946. The molecule has 9 heteroatoms. The molecule has 2 aromatic heterocycles. The van der Waals surface area contributed by atoms with Crippen molar-refractivity contribution in [1.82, 2.24) is 29.6 Å². The third kappa shape index (κ3) is 4.38. The van der Waals surface area contributed by atoms with E-state index in [0.29, 0.717) is 21.5 Å². The van der Waals surface area contributed by atoms with Crippen LogP contribution in [0.25, 0.3) is 17.0 Å². The van der Waals surface area contributed by atoms with E-state index in [2.05, 4.69) is 44.4 Å². The van der Waals surface area contributed by atoms with Crippen LogP contribution in [0, 0.1) is 0 Å². The summed E-state index contributed by atoms with van der Waals surface area (Å²) in [5, 5.41) is 17.7. The molecular weight excluding hydrogens is 397 g/mol. The average Bonchev–Trinajstić information content (AvgIpc) is 3.06. The second kappa shape index (κ2) is 8.21. The first-order valence-corrected chi connectivity index (χ1v) is 10.1. The van der Waals surface area contributed by atoms with Gasteiger partial charge in [0.25, 0.3) is 0 Å². The lowest BCUT2D eigenvalue weighted by Crippen LogP contribution is -2.47. The van der Waals surface area contributed by atoms with E-state index in [1.165, 1.54) is 0 Å².